The Morgan fingerprint density at radius 1 is 0.926 bits per heavy atom. The molecule has 1 amide bonds. The lowest BCUT2D eigenvalue weighted by atomic mass is 9.95. The van der Waals surface area contributed by atoms with Gasteiger partial charge in [0.1, 0.15) is 48.8 Å². The standard InChI is InChI=1S/C15H27NO11/c1-5(19)16-8-13(10(21)7(4-18)25-14(8)24-2)27-15-12(23)11(22)9(20)6(3-17)26-15/h6-15,17-18,20-23H,3-4H2,1-2H3,(H,16,19)/t6?,7?,8?,9-,10+,11?,12?,13?,14+,15-/m0/s1. The van der Waals surface area contributed by atoms with Crippen molar-refractivity contribution in [2.75, 3.05) is 20.3 Å². The van der Waals surface area contributed by atoms with Gasteiger partial charge in [0.05, 0.1) is 13.2 Å². The van der Waals surface area contributed by atoms with Crippen molar-refractivity contribution in [3.05, 3.63) is 0 Å². The Morgan fingerprint density at radius 3 is 2.00 bits per heavy atom. The van der Waals surface area contributed by atoms with Crippen LogP contribution in [0.4, 0.5) is 0 Å². The van der Waals surface area contributed by atoms with E-state index in [1.807, 2.05) is 0 Å². The van der Waals surface area contributed by atoms with E-state index in [1.54, 1.807) is 0 Å². The molecule has 0 bridgehead atoms. The number of aliphatic hydroxyl groups is 6. The van der Waals surface area contributed by atoms with Crippen molar-refractivity contribution in [1.29, 1.82) is 0 Å². The van der Waals surface area contributed by atoms with Crippen LogP contribution >= 0.6 is 0 Å². The van der Waals surface area contributed by atoms with E-state index in [9.17, 15) is 35.4 Å². The first-order valence-electron chi connectivity index (χ1n) is 8.45. The molecule has 27 heavy (non-hydrogen) atoms. The lowest BCUT2D eigenvalue weighted by molar-refractivity contribution is -0.343. The molecule has 158 valence electrons. The van der Waals surface area contributed by atoms with Gasteiger partial charge in [0.25, 0.3) is 0 Å². The molecule has 6 unspecified atom stereocenters. The monoisotopic (exact) mass is 397 g/mol. The Bertz CT molecular complexity index is 492. The lowest BCUT2D eigenvalue weighted by Crippen LogP contribution is -2.68. The third-order valence-electron chi connectivity index (χ3n) is 4.60. The van der Waals surface area contributed by atoms with Crippen molar-refractivity contribution in [3.8, 4) is 0 Å². The largest absolute Gasteiger partial charge is 0.394 e. The Morgan fingerprint density at radius 2 is 1.48 bits per heavy atom. The van der Waals surface area contributed by atoms with Gasteiger partial charge in [0.2, 0.25) is 5.91 Å². The first-order chi connectivity index (χ1) is 12.7. The minimum atomic E-state index is -1.70. The van der Waals surface area contributed by atoms with Gasteiger partial charge < -0.3 is 54.9 Å². The summed E-state index contributed by atoms with van der Waals surface area (Å²) in [6.07, 6.45) is -12.7. The molecule has 0 aromatic carbocycles. The van der Waals surface area contributed by atoms with Crippen molar-refractivity contribution in [2.24, 2.45) is 0 Å². The first kappa shape index (κ1) is 22.4. The highest BCUT2D eigenvalue weighted by Crippen LogP contribution is 2.29. The molecule has 2 aliphatic rings. The second-order valence-electron chi connectivity index (χ2n) is 6.48. The molecular weight excluding hydrogens is 370 g/mol. The highest BCUT2D eigenvalue weighted by atomic mass is 16.7. The fraction of sp³-hybridized carbons (Fsp3) is 0.933. The molecule has 0 aromatic heterocycles. The fourth-order valence-electron chi connectivity index (χ4n) is 3.15. The third kappa shape index (κ3) is 4.74. The zero-order chi connectivity index (χ0) is 20.3. The number of hydrogen-bond acceptors (Lipinski definition) is 11. The van der Waals surface area contributed by atoms with Gasteiger partial charge in [-0.15, -0.1) is 0 Å². The molecule has 7 N–H and O–H groups in total. The number of carbonyl (C=O) groups is 1. The SMILES string of the molecule is CO[C@@H]1OC(CO)[C@@H](O)C(O[C@@H]2OC(CO)[C@H](O)C(O)C2O)C1NC(C)=O. The van der Waals surface area contributed by atoms with Crippen molar-refractivity contribution >= 4 is 5.91 Å². The summed E-state index contributed by atoms with van der Waals surface area (Å²) in [5.41, 5.74) is 0. The number of carbonyl (C=O) groups excluding carboxylic acids is 1. The minimum Gasteiger partial charge on any atom is -0.394 e. The summed E-state index contributed by atoms with van der Waals surface area (Å²) in [6.45, 7) is -0.0132. The van der Waals surface area contributed by atoms with Crippen LogP contribution in [0.5, 0.6) is 0 Å². The number of ether oxygens (including phenoxy) is 4. The summed E-state index contributed by atoms with van der Waals surface area (Å²) >= 11 is 0. The minimum absolute atomic E-state index is 0.484. The molecular formula is C15H27NO11. The number of aliphatic hydroxyl groups excluding tert-OH is 6. The summed E-state index contributed by atoms with van der Waals surface area (Å²) in [5.74, 6) is -0.484. The summed E-state index contributed by atoms with van der Waals surface area (Å²) in [4.78, 5) is 11.5. The van der Waals surface area contributed by atoms with Crippen LogP contribution in [0.1, 0.15) is 6.92 Å². The second kappa shape index (κ2) is 9.52. The molecule has 12 nitrogen and oxygen atoms in total. The Kier molecular flexibility index (Phi) is 7.88. The Hall–Kier alpha value is -0.930. The summed E-state index contributed by atoms with van der Waals surface area (Å²) in [6, 6.07) is -1.04. The van der Waals surface area contributed by atoms with Gasteiger partial charge in [-0.1, -0.05) is 0 Å². The summed E-state index contributed by atoms with van der Waals surface area (Å²) < 4.78 is 21.4. The van der Waals surface area contributed by atoms with Crippen LogP contribution < -0.4 is 5.32 Å². The molecule has 0 aliphatic carbocycles. The van der Waals surface area contributed by atoms with E-state index in [0.717, 1.165) is 0 Å². The maximum absolute atomic E-state index is 11.5. The summed E-state index contributed by atoms with van der Waals surface area (Å²) in [5, 5.41) is 61.5. The quantitative estimate of drug-likeness (QED) is 0.228. The van der Waals surface area contributed by atoms with Gasteiger partial charge >= 0.3 is 0 Å². The van der Waals surface area contributed by atoms with Crippen LogP contribution in [-0.2, 0) is 23.7 Å². The van der Waals surface area contributed by atoms with E-state index in [0.29, 0.717) is 0 Å². The molecule has 2 saturated heterocycles. The van der Waals surface area contributed by atoms with Gasteiger partial charge in [-0.3, -0.25) is 4.79 Å². The average Bonchev–Trinajstić information content (AvgIpc) is 2.64. The van der Waals surface area contributed by atoms with Crippen LogP contribution in [-0.4, -0.2) is 118 Å². The molecule has 0 radical (unpaired) electrons. The van der Waals surface area contributed by atoms with E-state index in [2.05, 4.69) is 5.32 Å². The topological polar surface area (TPSA) is 187 Å². The van der Waals surface area contributed by atoms with Gasteiger partial charge in [-0.25, -0.2) is 0 Å². The van der Waals surface area contributed by atoms with Crippen molar-refractivity contribution in [1.82, 2.24) is 5.32 Å². The molecule has 12 heteroatoms. The van der Waals surface area contributed by atoms with Crippen molar-refractivity contribution < 1.29 is 54.4 Å². The zero-order valence-corrected chi connectivity index (χ0v) is 14.9. The van der Waals surface area contributed by atoms with Crippen LogP contribution in [0.2, 0.25) is 0 Å². The van der Waals surface area contributed by atoms with E-state index in [1.165, 1.54) is 14.0 Å². The van der Waals surface area contributed by atoms with Crippen LogP contribution in [0.15, 0.2) is 0 Å². The smallest absolute Gasteiger partial charge is 0.217 e. The lowest BCUT2D eigenvalue weighted by Gasteiger charge is -2.47. The molecule has 10 atom stereocenters. The van der Waals surface area contributed by atoms with Crippen LogP contribution in [0.25, 0.3) is 0 Å². The van der Waals surface area contributed by atoms with E-state index in [4.69, 9.17) is 18.9 Å². The number of hydrogen-bond donors (Lipinski definition) is 7. The van der Waals surface area contributed by atoms with E-state index < -0.39 is 80.5 Å². The van der Waals surface area contributed by atoms with Crippen LogP contribution in [0.3, 0.4) is 0 Å². The fourth-order valence-corrected chi connectivity index (χ4v) is 3.15. The average molecular weight is 397 g/mol. The van der Waals surface area contributed by atoms with Gasteiger partial charge in [0.15, 0.2) is 12.6 Å². The molecule has 2 aliphatic heterocycles. The molecule has 2 fully saturated rings. The number of rotatable bonds is 6. The molecule has 2 heterocycles. The van der Waals surface area contributed by atoms with E-state index >= 15 is 0 Å². The molecule has 0 spiro atoms. The number of amides is 1. The third-order valence-corrected chi connectivity index (χ3v) is 4.60. The van der Waals surface area contributed by atoms with Gasteiger partial charge in [0, 0.05) is 14.0 Å². The Balaban J connectivity index is 2.25. The normalized spacial score (nSPS) is 45.5. The molecule has 0 aromatic rings. The Labute approximate surface area is 155 Å². The van der Waals surface area contributed by atoms with Gasteiger partial charge in [-0.2, -0.15) is 0 Å². The van der Waals surface area contributed by atoms with Crippen molar-refractivity contribution in [2.45, 2.75) is 68.3 Å². The van der Waals surface area contributed by atoms with Crippen molar-refractivity contribution in [3.63, 3.8) is 0 Å². The molecule has 0 saturated carbocycles. The summed E-state index contributed by atoms with van der Waals surface area (Å²) in [7, 11) is 1.29. The predicted octanol–water partition coefficient (Wildman–Crippen LogP) is -4.60. The highest BCUT2D eigenvalue weighted by molar-refractivity contribution is 5.73. The van der Waals surface area contributed by atoms with Gasteiger partial charge in [-0.05, 0) is 0 Å². The second-order valence-corrected chi connectivity index (χ2v) is 6.48. The number of methoxy groups -OCH3 is 1. The number of nitrogens with one attached hydrogen (secondary N) is 1. The molecule has 2 rings (SSSR count). The van der Waals surface area contributed by atoms with E-state index in [-0.39, 0.29) is 0 Å². The highest BCUT2D eigenvalue weighted by Gasteiger charge is 2.51. The predicted molar refractivity (Wildman–Crippen MR) is 85.0 cm³/mol. The zero-order valence-electron chi connectivity index (χ0n) is 14.9. The first-order valence-corrected chi connectivity index (χ1v) is 8.45. The maximum Gasteiger partial charge on any atom is 0.217 e. The maximum atomic E-state index is 11.5. The van der Waals surface area contributed by atoms with Crippen LogP contribution in [0, 0.1) is 0 Å².